The standard InChI is InChI=1S/C11H8N4O/c16-10-6-9(8-4-2-1-3-5-8)14-11-12-7-13-15(10)11/h1-7,16H. The van der Waals surface area contributed by atoms with E-state index in [1.807, 2.05) is 30.3 Å². The molecular formula is C11H8N4O. The molecule has 0 fully saturated rings. The molecule has 0 radical (unpaired) electrons. The Morgan fingerprint density at radius 3 is 2.75 bits per heavy atom. The maximum atomic E-state index is 9.72. The minimum absolute atomic E-state index is 0.0290. The first-order chi connectivity index (χ1) is 7.84. The highest BCUT2D eigenvalue weighted by Gasteiger charge is 2.07. The van der Waals surface area contributed by atoms with Crippen LogP contribution in [0.25, 0.3) is 17.0 Å². The summed E-state index contributed by atoms with van der Waals surface area (Å²) in [4.78, 5) is 8.24. The van der Waals surface area contributed by atoms with Gasteiger partial charge in [-0.25, -0.2) is 4.98 Å². The molecule has 2 aromatic heterocycles. The number of rotatable bonds is 1. The van der Waals surface area contributed by atoms with Crippen molar-refractivity contribution in [2.24, 2.45) is 0 Å². The second-order valence-electron chi connectivity index (χ2n) is 3.34. The number of fused-ring (bicyclic) bond motifs is 1. The number of benzene rings is 1. The van der Waals surface area contributed by atoms with Crippen LogP contribution in [-0.4, -0.2) is 24.7 Å². The van der Waals surface area contributed by atoms with Crippen LogP contribution in [0.4, 0.5) is 0 Å². The number of aromatic hydroxyl groups is 1. The van der Waals surface area contributed by atoms with Crippen molar-refractivity contribution in [3.8, 4) is 17.1 Å². The van der Waals surface area contributed by atoms with E-state index in [0.717, 1.165) is 5.56 Å². The zero-order valence-corrected chi connectivity index (χ0v) is 8.28. The molecule has 1 aromatic carbocycles. The zero-order chi connectivity index (χ0) is 11.0. The van der Waals surface area contributed by atoms with Crippen LogP contribution >= 0.6 is 0 Å². The Kier molecular flexibility index (Phi) is 1.83. The van der Waals surface area contributed by atoms with Crippen molar-refractivity contribution in [3.05, 3.63) is 42.7 Å². The maximum absolute atomic E-state index is 9.72. The molecule has 3 aromatic rings. The maximum Gasteiger partial charge on any atom is 0.255 e. The molecule has 0 saturated carbocycles. The lowest BCUT2D eigenvalue weighted by atomic mass is 10.1. The molecule has 5 nitrogen and oxygen atoms in total. The van der Waals surface area contributed by atoms with Gasteiger partial charge in [-0.05, 0) is 0 Å². The van der Waals surface area contributed by atoms with Crippen molar-refractivity contribution in [2.75, 3.05) is 0 Å². The summed E-state index contributed by atoms with van der Waals surface area (Å²) in [5, 5.41) is 13.6. The van der Waals surface area contributed by atoms with E-state index in [2.05, 4.69) is 15.1 Å². The lowest BCUT2D eigenvalue weighted by Gasteiger charge is -2.02. The van der Waals surface area contributed by atoms with E-state index in [1.54, 1.807) is 6.07 Å². The van der Waals surface area contributed by atoms with Gasteiger partial charge in [0.05, 0.1) is 5.69 Å². The molecule has 0 aliphatic rings. The fourth-order valence-corrected chi connectivity index (χ4v) is 1.55. The topological polar surface area (TPSA) is 63.3 Å². The van der Waals surface area contributed by atoms with E-state index in [0.29, 0.717) is 11.5 Å². The fraction of sp³-hybridized carbons (Fsp3) is 0. The summed E-state index contributed by atoms with van der Waals surface area (Å²) in [5.74, 6) is 0.417. The summed E-state index contributed by atoms with van der Waals surface area (Å²) in [5.41, 5.74) is 1.61. The van der Waals surface area contributed by atoms with Crippen LogP contribution < -0.4 is 0 Å². The number of aromatic nitrogens is 4. The van der Waals surface area contributed by atoms with E-state index in [9.17, 15) is 5.11 Å². The van der Waals surface area contributed by atoms with Crippen molar-refractivity contribution in [1.82, 2.24) is 19.6 Å². The van der Waals surface area contributed by atoms with Gasteiger partial charge in [0, 0.05) is 11.6 Å². The van der Waals surface area contributed by atoms with Crippen molar-refractivity contribution >= 4 is 5.78 Å². The quantitative estimate of drug-likeness (QED) is 0.663. The highest BCUT2D eigenvalue weighted by Crippen LogP contribution is 2.21. The first kappa shape index (κ1) is 8.84. The SMILES string of the molecule is Oc1cc(-c2ccccc2)nc2ncnn12. The number of hydrogen-bond acceptors (Lipinski definition) is 4. The third-order valence-corrected chi connectivity index (χ3v) is 2.30. The predicted molar refractivity (Wildman–Crippen MR) is 57.9 cm³/mol. The van der Waals surface area contributed by atoms with Crippen LogP contribution in [0.15, 0.2) is 42.7 Å². The Balaban J connectivity index is 2.25. The molecule has 0 aliphatic heterocycles. The van der Waals surface area contributed by atoms with E-state index in [4.69, 9.17) is 0 Å². The third-order valence-electron chi connectivity index (χ3n) is 2.30. The number of hydrogen-bond donors (Lipinski definition) is 1. The lowest BCUT2D eigenvalue weighted by Crippen LogP contribution is -1.94. The van der Waals surface area contributed by atoms with Crippen LogP contribution in [0.3, 0.4) is 0 Å². The van der Waals surface area contributed by atoms with Gasteiger partial charge in [-0.3, -0.25) is 0 Å². The molecule has 5 heteroatoms. The Bertz CT molecular complexity index is 633. The van der Waals surface area contributed by atoms with Gasteiger partial charge in [0.1, 0.15) is 6.33 Å². The molecule has 0 aliphatic carbocycles. The lowest BCUT2D eigenvalue weighted by molar-refractivity contribution is 0.435. The van der Waals surface area contributed by atoms with E-state index in [1.165, 1.54) is 10.8 Å². The van der Waals surface area contributed by atoms with Gasteiger partial charge in [0.15, 0.2) is 0 Å². The second kappa shape index (κ2) is 3.30. The van der Waals surface area contributed by atoms with Crippen LogP contribution in [-0.2, 0) is 0 Å². The molecule has 0 unspecified atom stereocenters. The van der Waals surface area contributed by atoms with E-state index < -0.39 is 0 Å². The van der Waals surface area contributed by atoms with Crippen molar-refractivity contribution in [2.45, 2.75) is 0 Å². The smallest absolute Gasteiger partial charge is 0.255 e. The Hall–Kier alpha value is -2.43. The van der Waals surface area contributed by atoms with Crippen LogP contribution in [0.2, 0.25) is 0 Å². The first-order valence-corrected chi connectivity index (χ1v) is 4.80. The Morgan fingerprint density at radius 2 is 1.94 bits per heavy atom. The molecule has 0 bridgehead atoms. The van der Waals surface area contributed by atoms with Crippen molar-refractivity contribution in [1.29, 1.82) is 0 Å². The van der Waals surface area contributed by atoms with Gasteiger partial charge in [0.2, 0.25) is 5.88 Å². The highest BCUT2D eigenvalue weighted by atomic mass is 16.3. The zero-order valence-electron chi connectivity index (χ0n) is 8.28. The summed E-state index contributed by atoms with van der Waals surface area (Å²) in [6.45, 7) is 0. The van der Waals surface area contributed by atoms with Crippen LogP contribution in [0.1, 0.15) is 0 Å². The molecule has 2 heterocycles. The summed E-state index contributed by atoms with van der Waals surface area (Å²) >= 11 is 0. The monoisotopic (exact) mass is 212 g/mol. The summed E-state index contributed by atoms with van der Waals surface area (Å²) in [6, 6.07) is 11.2. The molecule has 78 valence electrons. The molecule has 0 spiro atoms. The Labute approximate surface area is 91.0 Å². The van der Waals surface area contributed by atoms with Crippen LogP contribution in [0, 0.1) is 0 Å². The third kappa shape index (κ3) is 1.30. The molecule has 0 amide bonds. The minimum atomic E-state index is 0.0290. The average molecular weight is 212 g/mol. The van der Waals surface area contributed by atoms with Gasteiger partial charge in [-0.1, -0.05) is 30.3 Å². The molecule has 3 rings (SSSR count). The summed E-state index contributed by atoms with van der Waals surface area (Å²) in [7, 11) is 0. The van der Waals surface area contributed by atoms with Gasteiger partial charge < -0.3 is 5.11 Å². The fourth-order valence-electron chi connectivity index (χ4n) is 1.55. The average Bonchev–Trinajstić information content (AvgIpc) is 2.79. The minimum Gasteiger partial charge on any atom is -0.493 e. The number of nitrogens with zero attached hydrogens (tertiary/aromatic N) is 4. The van der Waals surface area contributed by atoms with E-state index in [-0.39, 0.29) is 5.88 Å². The second-order valence-corrected chi connectivity index (χ2v) is 3.34. The first-order valence-electron chi connectivity index (χ1n) is 4.80. The molecule has 0 atom stereocenters. The van der Waals surface area contributed by atoms with Gasteiger partial charge in [-0.2, -0.15) is 14.6 Å². The van der Waals surface area contributed by atoms with Gasteiger partial charge >= 0.3 is 0 Å². The molecule has 16 heavy (non-hydrogen) atoms. The molecular weight excluding hydrogens is 204 g/mol. The highest BCUT2D eigenvalue weighted by molar-refractivity contribution is 5.61. The van der Waals surface area contributed by atoms with Crippen LogP contribution in [0.5, 0.6) is 5.88 Å². The Morgan fingerprint density at radius 1 is 1.12 bits per heavy atom. The van der Waals surface area contributed by atoms with E-state index >= 15 is 0 Å². The summed E-state index contributed by atoms with van der Waals surface area (Å²) in [6.07, 6.45) is 1.36. The molecule has 1 N–H and O–H groups in total. The van der Waals surface area contributed by atoms with Crippen molar-refractivity contribution < 1.29 is 5.11 Å². The van der Waals surface area contributed by atoms with Gasteiger partial charge in [-0.15, -0.1) is 0 Å². The summed E-state index contributed by atoms with van der Waals surface area (Å²) < 4.78 is 1.28. The predicted octanol–water partition coefficient (Wildman–Crippen LogP) is 1.50. The largest absolute Gasteiger partial charge is 0.493 e. The normalized spacial score (nSPS) is 10.8. The van der Waals surface area contributed by atoms with Gasteiger partial charge in [0.25, 0.3) is 5.78 Å². The van der Waals surface area contributed by atoms with Crippen molar-refractivity contribution in [3.63, 3.8) is 0 Å². The molecule has 0 saturated heterocycles.